The summed E-state index contributed by atoms with van der Waals surface area (Å²) in [5.74, 6) is 2.03. The van der Waals surface area contributed by atoms with E-state index >= 15 is 0 Å². The van der Waals surface area contributed by atoms with Gasteiger partial charge in [0.2, 0.25) is 5.91 Å². The van der Waals surface area contributed by atoms with Crippen molar-refractivity contribution in [2.45, 2.75) is 19.3 Å². The molecule has 166 valence electrons. The van der Waals surface area contributed by atoms with Gasteiger partial charge in [-0.3, -0.25) is 9.69 Å². The Labute approximate surface area is 183 Å². The zero-order chi connectivity index (χ0) is 21.5. The van der Waals surface area contributed by atoms with Crippen LogP contribution in [0.4, 0.5) is 10.2 Å². The molecule has 1 amide bonds. The lowest BCUT2D eigenvalue weighted by Gasteiger charge is -2.39. The van der Waals surface area contributed by atoms with Crippen LogP contribution in [-0.4, -0.2) is 73.1 Å². The fraction of sp³-hybridized carbons (Fsp3) is 0.500. The number of likely N-dealkylation sites (tertiary alicyclic amines) is 1. The van der Waals surface area contributed by atoms with Crippen molar-refractivity contribution in [1.29, 1.82) is 0 Å². The maximum atomic E-state index is 13.0. The summed E-state index contributed by atoms with van der Waals surface area (Å²) < 4.78 is 18.5. The number of carbonyl (C=O) groups excluding carboxylic acids is 1. The lowest BCUT2D eigenvalue weighted by molar-refractivity contribution is -0.133. The molecule has 0 saturated carbocycles. The Morgan fingerprint density at radius 2 is 1.87 bits per heavy atom. The van der Waals surface area contributed by atoms with Crippen LogP contribution >= 0.6 is 0 Å². The minimum atomic E-state index is -0.291. The number of benzene rings is 1. The number of piperidine rings is 1. The molecule has 2 aliphatic heterocycles. The van der Waals surface area contributed by atoms with Crippen molar-refractivity contribution in [3.63, 3.8) is 0 Å². The van der Waals surface area contributed by atoms with Crippen molar-refractivity contribution in [3.05, 3.63) is 54.5 Å². The van der Waals surface area contributed by atoms with Crippen LogP contribution in [0.5, 0.6) is 5.75 Å². The van der Waals surface area contributed by atoms with Gasteiger partial charge >= 0.3 is 0 Å². The first kappa shape index (κ1) is 21.6. The fourth-order valence-corrected chi connectivity index (χ4v) is 4.45. The van der Waals surface area contributed by atoms with E-state index in [4.69, 9.17) is 4.74 Å². The highest BCUT2D eigenvalue weighted by atomic mass is 19.1. The predicted molar refractivity (Wildman–Crippen MR) is 119 cm³/mol. The zero-order valence-electron chi connectivity index (χ0n) is 18.0. The van der Waals surface area contributed by atoms with Crippen LogP contribution in [0, 0.1) is 11.7 Å². The van der Waals surface area contributed by atoms with E-state index in [9.17, 15) is 9.18 Å². The molecule has 2 aromatic rings. The Balaban J connectivity index is 1.18. The number of nitrogens with zero attached hydrogens (tertiary/aromatic N) is 4. The average molecular weight is 427 g/mol. The van der Waals surface area contributed by atoms with Gasteiger partial charge in [-0.1, -0.05) is 6.07 Å². The molecule has 0 spiro atoms. The van der Waals surface area contributed by atoms with Gasteiger partial charge in [0.15, 0.2) is 0 Å². The number of anilines is 1. The van der Waals surface area contributed by atoms with Crippen molar-refractivity contribution >= 4 is 11.7 Å². The number of piperazine rings is 1. The zero-order valence-corrected chi connectivity index (χ0v) is 18.0. The molecular formula is C24H31FN4O2. The number of halogens is 1. The Morgan fingerprint density at radius 3 is 2.61 bits per heavy atom. The number of hydrogen-bond acceptors (Lipinski definition) is 5. The van der Waals surface area contributed by atoms with Crippen molar-refractivity contribution in [2.24, 2.45) is 5.92 Å². The fourth-order valence-electron chi connectivity index (χ4n) is 4.45. The van der Waals surface area contributed by atoms with E-state index in [2.05, 4.69) is 20.9 Å². The van der Waals surface area contributed by atoms with Crippen LogP contribution in [0.15, 0.2) is 48.7 Å². The molecule has 4 rings (SSSR count). The monoisotopic (exact) mass is 426 g/mol. The summed E-state index contributed by atoms with van der Waals surface area (Å²) in [6, 6.07) is 12.0. The highest BCUT2D eigenvalue weighted by Gasteiger charge is 2.26. The summed E-state index contributed by atoms with van der Waals surface area (Å²) in [4.78, 5) is 24.0. The molecular weight excluding hydrogens is 395 g/mol. The van der Waals surface area contributed by atoms with E-state index in [0.29, 0.717) is 24.7 Å². The Bertz CT molecular complexity index is 825. The molecule has 0 bridgehead atoms. The molecule has 2 fully saturated rings. The highest BCUT2D eigenvalue weighted by molar-refractivity contribution is 5.76. The van der Waals surface area contributed by atoms with Crippen LogP contribution in [-0.2, 0) is 4.79 Å². The minimum Gasteiger partial charge on any atom is -0.493 e. The molecule has 2 saturated heterocycles. The highest BCUT2D eigenvalue weighted by Crippen LogP contribution is 2.20. The number of hydrogen-bond donors (Lipinski definition) is 0. The quantitative estimate of drug-likeness (QED) is 0.681. The Morgan fingerprint density at radius 1 is 1.06 bits per heavy atom. The predicted octanol–water partition coefficient (Wildman–Crippen LogP) is 3.05. The van der Waals surface area contributed by atoms with Gasteiger partial charge in [-0.05, 0) is 55.2 Å². The maximum Gasteiger partial charge on any atom is 0.226 e. The van der Waals surface area contributed by atoms with Crippen LogP contribution in [0.3, 0.4) is 0 Å². The van der Waals surface area contributed by atoms with Gasteiger partial charge in [0.05, 0.1) is 13.0 Å². The second-order valence-corrected chi connectivity index (χ2v) is 8.38. The van der Waals surface area contributed by atoms with E-state index in [0.717, 1.165) is 58.1 Å². The van der Waals surface area contributed by atoms with Gasteiger partial charge in [-0.2, -0.15) is 0 Å². The van der Waals surface area contributed by atoms with Crippen molar-refractivity contribution in [3.8, 4) is 5.75 Å². The number of aromatic nitrogens is 1. The summed E-state index contributed by atoms with van der Waals surface area (Å²) in [7, 11) is 0. The van der Waals surface area contributed by atoms with Crippen molar-refractivity contribution in [1.82, 2.24) is 14.8 Å². The van der Waals surface area contributed by atoms with E-state index in [1.54, 1.807) is 12.1 Å². The largest absolute Gasteiger partial charge is 0.493 e. The van der Waals surface area contributed by atoms with E-state index in [-0.39, 0.29) is 11.7 Å². The molecule has 1 aromatic carbocycles. The molecule has 1 aromatic heterocycles. The molecule has 7 heteroatoms. The first-order valence-electron chi connectivity index (χ1n) is 11.2. The van der Waals surface area contributed by atoms with Crippen molar-refractivity contribution in [2.75, 3.05) is 57.3 Å². The number of carbonyl (C=O) groups is 1. The molecule has 6 nitrogen and oxygen atoms in total. The van der Waals surface area contributed by atoms with E-state index < -0.39 is 0 Å². The third-order valence-electron chi connectivity index (χ3n) is 6.13. The lowest BCUT2D eigenvalue weighted by Crippen LogP contribution is -2.50. The second kappa shape index (κ2) is 10.6. The van der Waals surface area contributed by atoms with Crippen molar-refractivity contribution < 1.29 is 13.9 Å². The second-order valence-electron chi connectivity index (χ2n) is 8.38. The number of pyridine rings is 1. The number of ether oxygens (including phenoxy) is 1. The number of rotatable bonds is 7. The summed E-state index contributed by atoms with van der Waals surface area (Å²) in [5.41, 5.74) is 0. The van der Waals surface area contributed by atoms with Crippen LogP contribution < -0.4 is 9.64 Å². The first-order valence-corrected chi connectivity index (χ1v) is 11.2. The first-order chi connectivity index (χ1) is 15.2. The van der Waals surface area contributed by atoms with Crippen LogP contribution in [0.25, 0.3) is 0 Å². The van der Waals surface area contributed by atoms with Crippen LogP contribution in [0.2, 0.25) is 0 Å². The maximum absolute atomic E-state index is 13.0. The van der Waals surface area contributed by atoms with Gasteiger partial charge in [0.25, 0.3) is 0 Å². The SMILES string of the molecule is O=C(CCOc1ccc(F)cc1)N1CCCC(CN2CCN(c3ccccn3)CC2)C1. The molecule has 0 aliphatic carbocycles. The van der Waals surface area contributed by atoms with Gasteiger partial charge in [-0.15, -0.1) is 0 Å². The summed E-state index contributed by atoms with van der Waals surface area (Å²) in [6.45, 7) is 7.08. The van der Waals surface area contributed by atoms with Gasteiger partial charge in [-0.25, -0.2) is 9.37 Å². The van der Waals surface area contributed by atoms with E-state index in [1.165, 1.54) is 18.6 Å². The van der Waals surface area contributed by atoms with Crippen LogP contribution in [0.1, 0.15) is 19.3 Å². The molecule has 0 radical (unpaired) electrons. The van der Waals surface area contributed by atoms with Gasteiger partial charge < -0.3 is 14.5 Å². The van der Waals surface area contributed by atoms with Gasteiger partial charge in [0.1, 0.15) is 17.4 Å². The average Bonchev–Trinajstić information content (AvgIpc) is 2.81. The van der Waals surface area contributed by atoms with Gasteiger partial charge in [0, 0.05) is 52.0 Å². The molecule has 1 atom stereocenters. The van der Waals surface area contributed by atoms with E-state index in [1.807, 2.05) is 23.2 Å². The molecule has 3 heterocycles. The summed E-state index contributed by atoms with van der Waals surface area (Å²) in [6.07, 6.45) is 4.44. The lowest BCUT2D eigenvalue weighted by atomic mass is 9.97. The molecule has 2 aliphatic rings. The normalized spacial score (nSPS) is 20.0. The summed E-state index contributed by atoms with van der Waals surface area (Å²) in [5, 5.41) is 0. The Kier molecular flexibility index (Phi) is 7.35. The smallest absolute Gasteiger partial charge is 0.226 e. The molecule has 1 unspecified atom stereocenters. The molecule has 31 heavy (non-hydrogen) atoms. The molecule has 0 N–H and O–H groups in total. The standard InChI is InChI=1S/C24H31FN4O2/c25-21-6-8-22(9-7-21)31-17-10-24(30)29-12-3-4-20(19-29)18-27-13-15-28(16-14-27)23-5-1-2-11-26-23/h1-2,5-9,11,20H,3-4,10,12-19H2. The third-order valence-corrected chi connectivity index (χ3v) is 6.13. The summed E-state index contributed by atoms with van der Waals surface area (Å²) >= 11 is 0. The topological polar surface area (TPSA) is 48.9 Å². The third kappa shape index (κ3) is 6.17. The number of amides is 1. The minimum absolute atomic E-state index is 0.145. The Hall–Kier alpha value is -2.67.